The van der Waals surface area contributed by atoms with Crippen LogP contribution in [0.15, 0.2) is 35.5 Å². The lowest BCUT2D eigenvalue weighted by Crippen LogP contribution is -2.00. The van der Waals surface area contributed by atoms with E-state index in [-0.39, 0.29) is 11.3 Å². The number of allylic oxidation sites excluding steroid dienone is 4. The maximum atomic E-state index is 11.3. The fourth-order valence-corrected chi connectivity index (χ4v) is 1.82. The van der Waals surface area contributed by atoms with Crippen molar-refractivity contribution in [3.8, 4) is 0 Å². The third-order valence-electron chi connectivity index (χ3n) is 3.01. The van der Waals surface area contributed by atoms with Crippen LogP contribution in [0.3, 0.4) is 0 Å². The van der Waals surface area contributed by atoms with Crippen LogP contribution >= 0.6 is 11.6 Å². The van der Waals surface area contributed by atoms with Crippen molar-refractivity contribution in [3.63, 3.8) is 0 Å². The highest BCUT2D eigenvalue weighted by atomic mass is 35.5. The number of halogens is 1. The number of rotatable bonds is 9. The SMILES string of the molecule is C=C(C)C(Cl)CC/C(C)=C/CC/C(C)=C/C(=O)OCC. The number of hydrogen-bond donors (Lipinski definition) is 0. The summed E-state index contributed by atoms with van der Waals surface area (Å²) < 4.78 is 4.87. The van der Waals surface area contributed by atoms with E-state index in [0.29, 0.717) is 6.61 Å². The van der Waals surface area contributed by atoms with Crippen molar-refractivity contribution in [2.24, 2.45) is 0 Å². The summed E-state index contributed by atoms with van der Waals surface area (Å²) in [6, 6.07) is 0. The number of carbonyl (C=O) groups is 1. The molecule has 0 aliphatic rings. The van der Waals surface area contributed by atoms with Gasteiger partial charge < -0.3 is 4.74 Å². The molecule has 114 valence electrons. The van der Waals surface area contributed by atoms with Crippen LogP contribution in [0.5, 0.6) is 0 Å². The van der Waals surface area contributed by atoms with Gasteiger partial charge in [-0.25, -0.2) is 4.79 Å². The van der Waals surface area contributed by atoms with E-state index in [4.69, 9.17) is 16.3 Å². The first-order chi connectivity index (χ1) is 9.36. The van der Waals surface area contributed by atoms with Crippen LogP contribution in [0.1, 0.15) is 53.4 Å². The van der Waals surface area contributed by atoms with E-state index in [1.54, 1.807) is 6.08 Å². The van der Waals surface area contributed by atoms with Gasteiger partial charge in [0, 0.05) is 6.08 Å². The molecule has 0 saturated heterocycles. The van der Waals surface area contributed by atoms with Crippen molar-refractivity contribution >= 4 is 17.6 Å². The van der Waals surface area contributed by atoms with Crippen molar-refractivity contribution in [1.29, 1.82) is 0 Å². The Hall–Kier alpha value is -1.02. The molecule has 0 heterocycles. The predicted molar refractivity (Wildman–Crippen MR) is 87.1 cm³/mol. The lowest BCUT2D eigenvalue weighted by molar-refractivity contribution is -0.137. The van der Waals surface area contributed by atoms with E-state index in [2.05, 4.69) is 19.6 Å². The second-order valence-corrected chi connectivity index (χ2v) is 5.71. The zero-order chi connectivity index (χ0) is 15.5. The monoisotopic (exact) mass is 298 g/mol. The molecule has 0 aromatic rings. The van der Waals surface area contributed by atoms with Crippen molar-refractivity contribution in [1.82, 2.24) is 0 Å². The molecule has 0 rings (SSSR count). The number of carbonyl (C=O) groups excluding carboxylic acids is 1. The van der Waals surface area contributed by atoms with E-state index in [0.717, 1.165) is 36.8 Å². The Balaban J connectivity index is 4.04. The van der Waals surface area contributed by atoms with Gasteiger partial charge in [-0.1, -0.05) is 29.4 Å². The Morgan fingerprint density at radius 3 is 2.45 bits per heavy atom. The minimum absolute atomic E-state index is 0.0591. The molecule has 3 heteroatoms. The van der Waals surface area contributed by atoms with Crippen molar-refractivity contribution in [3.05, 3.63) is 35.5 Å². The zero-order valence-electron chi connectivity index (χ0n) is 13.2. The Bertz CT molecular complexity index is 380. The van der Waals surface area contributed by atoms with Crippen molar-refractivity contribution in [2.45, 2.75) is 58.8 Å². The fraction of sp³-hybridized carbons (Fsp3) is 0.588. The van der Waals surface area contributed by atoms with Gasteiger partial charge in [0.2, 0.25) is 0 Å². The van der Waals surface area contributed by atoms with E-state index in [9.17, 15) is 4.79 Å². The fourth-order valence-electron chi connectivity index (χ4n) is 1.71. The van der Waals surface area contributed by atoms with E-state index >= 15 is 0 Å². The second-order valence-electron chi connectivity index (χ2n) is 5.18. The van der Waals surface area contributed by atoms with Gasteiger partial charge in [0.1, 0.15) is 0 Å². The maximum Gasteiger partial charge on any atom is 0.330 e. The second kappa shape index (κ2) is 10.7. The van der Waals surface area contributed by atoms with Gasteiger partial charge >= 0.3 is 5.97 Å². The molecular weight excluding hydrogens is 272 g/mol. The molecule has 0 amide bonds. The molecule has 2 nitrogen and oxygen atoms in total. The highest BCUT2D eigenvalue weighted by Gasteiger charge is 2.04. The zero-order valence-corrected chi connectivity index (χ0v) is 13.9. The summed E-state index contributed by atoms with van der Waals surface area (Å²) in [6.07, 6.45) is 7.51. The molecule has 1 atom stereocenters. The highest BCUT2D eigenvalue weighted by Crippen LogP contribution is 2.17. The van der Waals surface area contributed by atoms with Crippen molar-refractivity contribution in [2.75, 3.05) is 6.61 Å². The lowest BCUT2D eigenvalue weighted by Gasteiger charge is -2.08. The molecule has 0 aromatic heterocycles. The molecule has 0 aliphatic heterocycles. The first kappa shape index (κ1) is 19.0. The Kier molecular flexibility index (Phi) is 10.2. The predicted octanol–water partition coefficient (Wildman–Crippen LogP) is 5.19. The molecular formula is C17H27ClO2. The van der Waals surface area contributed by atoms with E-state index in [1.807, 2.05) is 20.8 Å². The van der Waals surface area contributed by atoms with Crippen LogP contribution in [0.4, 0.5) is 0 Å². The van der Waals surface area contributed by atoms with Crippen molar-refractivity contribution < 1.29 is 9.53 Å². The van der Waals surface area contributed by atoms with E-state index < -0.39 is 0 Å². The van der Waals surface area contributed by atoms with Crippen LogP contribution < -0.4 is 0 Å². The molecule has 1 unspecified atom stereocenters. The molecule has 0 aliphatic carbocycles. The smallest absolute Gasteiger partial charge is 0.330 e. The summed E-state index contributed by atoms with van der Waals surface area (Å²) in [4.78, 5) is 11.3. The molecule has 0 aromatic carbocycles. The summed E-state index contributed by atoms with van der Waals surface area (Å²) in [5.41, 5.74) is 3.40. The van der Waals surface area contributed by atoms with Crippen LogP contribution in [0.2, 0.25) is 0 Å². The largest absolute Gasteiger partial charge is 0.463 e. The highest BCUT2D eigenvalue weighted by molar-refractivity contribution is 6.22. The van der Waals surface area contributed by atoms with Gasteiger partial charge in [0.25, 0.3) is 0 Å². The standard InChI is InChI=1S/C17H27ClO2/c1-6-20-17(19)12-15(5)9-7-8-14(4)10-11-16(18)13(2)3/h8,12,16H,2,6-7,9-11H2,1,3-5H3/b14-8+,15-12+. The summed E-state index contributed by atoms with van der Waals surface area (Å²) in [5.74, 6) is -0.253. The van der Waals surface area contributed by atoms with Crippen LogP contribution in [-0.4, -0.2) is 18.0 Å². The van der Waals surface area contributed by atoms with Gasteiger partial charge in [0.05, 0.1) is 12.0 Å². The first-order valence-electron chi connectivity index (χ1n) is 7.15. The molecule has 0 N–H and O–H groups in total. The summed E-state index contributed by atoms with van der Waals surface area (Å²) in [5, 5.41) is 0.0591. The maximum absolute atomic E-state index is 11.3. The molecule has 20 heavy (non-hydrogen) atoms. The van der Waals surface area contributed by atoms with Gasteiger partial charge in [-0.2, -0.15) is 0 Å². The summed E-state index contributed by atoms with van der Waals surface area (Å²) >= 11 is 6.14. The molecule has 0 fully saturated rings. The summed E-state index contributed by atoms with van der Waals surface area (Å²) in [6.45, 7) is 12.1. The molecule has 0 spiro atoms. The van der Waals surface area contributed by atoms with Crippen LogP contribution in [-0.2, 0) is 9.53 Å². The van der Waals surface area contributed by atoms with Gasteiger partial charge in [0.15, 0.2) is 0 Å². The average Bonchev–Trinajstić information content (AvgIpc) is 2.35. The van der Waals surface area contributed by atoms with Crippen LogP contribution in [0, 0.1) is 0 Å². The van der Waals surface area contributed by atoms with E-state index in [1.165, 1.54) is 5.57 Å². The Morgan fingerprint density at radius 2 is 1.90 bits per heavy atom. The summed E-state index contributed by atoms with van der Waals surface area (Å²) in [7, 11) is 0. The molecule has 0 radical (unpaired) electrons. The average molecular weight is 299 g/mol. The minimum atomic E-state index is -0.253. The number of ether oxygens (including phenoxy) is 1. The third-order valence-corrected chi connectivity index (χ3v) is 3.60. The third kappa shape index (κ3) is 9.85. The number of alkyl halides is 1. The van der Waals surface area contributed by atoms with Crippen LogP contribution in [0.25, 0.3) is 0 Å². The molecule has 0 bridgehead atoms. The first-order valence-corrected chi connectivity index (χ1v) is 7.59. The lowest BCUT2D eigenvalue weighted by atomic mass is 10.0. The number of hydrogen-bond acceptors (Lipinski definition) is 2. The van der Waals surface area contributed by atoms with Gasteiger partial charge in [-0.15, -0.1) is 11.6 Å². The van der Waals surface area contributed by atoms with Gasteiger partial charge in [-0.3, -0.25) is 0 Å². The minimum Gasteiger partial charge on any atom is -0.463 e. The normalized spacial score (nSPS) is 14.1. The Labute approximate surface area is 128 Å². The topological polar surface area (TPSA) is 26.3 Å². The Morgan fingerprint density at radius 1 is 1.25 bits per heavy atom. The van der Waals surface area contributed by atoms with Gasteiger partial charge in [-0.05, 0) is 53.4 Å². The molecule has 0 saturated carbocycles. The number of esters is 1. The quantitative estimate of drug-likeness (QED) is 0.253.